The SMILES string of the molecule is CNCC(C)C(=O)Nc1ccc(F)nc1. The summed E-state index contributed by atoms with van der Waals surface area (Å²) >= 11 is 0. The van der Waals surface area contributed by atoms with Gasteiger partial charge in [-0.2, -0.15) is 4.39 Å². The van der Waals surface area contributed by atoms with Crippen LogP contribution in [0.25, 0.3) is 0 Å². The van der Waals surface area contributed by atoms with Gasteiger partial charge in [-0.3, -0.25) is 4.79 Å². The second kappa shape index (κ2) is 5.41. The van der Waals surface area contributed by atoms with Crippen LogP contribution in [0.5, 0.6) is 0 Å². The molecule has 0 saturated heterocycles. The molecule has 0 fully saturated rings. The molecular weight excluding hydrogens is 197 g/mol. The molecule has 0 radical (unpaired) electrons. The monoisotopic (exact) mass is 211 g/mol. The van der Waals surface area contributed by atoms with E-state index in [0.717, 1.165) is 0 Å². The molecule has 15 heavy (non-hydrogen) atoms. The number of aromatic nitrogens is 1. The predicted octanol–water partition coefficient (Wildman–Crippen LogP) is 1.01. The first-order chi connectivity index (χ1) is 7.13. The van der Waals surface area contributed by atoms with E-state index in [1.165, 1.54) is 18.3 Å². The minimum atomic E-state index is -0.559. The Labute approximate surface area is 87.9 Å². The fourth-order valence-corrected chi connectivity index (χ4v) is 1.11. The van der Waals surface area contributed by atoms with E-state index in [4.69, 9.17) is 0 Å². The number of hydrogen-bond acceptors (Lipinski definition) is 3. The molecule has 0 bridgehead atoms. The van der Waals surface area contributed by atoms with E-state index in [1.54, 1.807) is 7.05 Å². The summed E-state index contributed by atoms with van der Waals surface area (Å²) < 4.78 is 12.5. The Bertz CT molecular complexity index is 326. The minimum Gasteiger partial charge on any atom is -0.324 e. The number of anilines is 1. The molecule has 0 aliphatic carbocycles. The number of halogens is 1. The lowest BCUT2D eigenvalue weighted by Crippen LogP contribution is -2.28. The maximum atomic E-state index is 12.5. The fraction of sp³-hybridized carbons (Fsp3) is 0.400. The van der Waals surface area contributed by atoms with E-state index >= 15 is 0 Å². The third kappa shape index (κ3) is 3.63. The second-order valence-electron chi connectivity index (χ2n) is 3.32. The summed E-state index contributed by atoms with van der Waals surface area (Å²) in [7, 11) is 1.78. The lowest BCUT2D eigenvalue weighted by Gasteiger charge is -2.10. The number of rotatable bonds is 4. The zero-order valence-electron chi connectivity index (χ0n) is 8.75. The normalized spacial score (nSPS) is 12.2. The second-order valence-corrected chi connectivity index (χ2v) is 3.32. The van der Waals surface area contributed by atoms with Crippen LogP contribution in [0.2, 0.25) is 0 Å². The van der Waals surface area contributed by atoms with Gasteiger partial charge in [0, 0.05) is 12.5 Å². The number of carbonyl (C=O) groups is 1. The Morgan fingerprint density at radius 1 is 1.60 bits per heavy atom. The number of nitrogens with one attached hydrogen (secondary N) is 2. The van der Waals surface area contributed by atoms with Crippen molar-refractivity contribution in [2.24, 2.45) is 5.92 Å². The molecule has 0 spiro atoms. The summed E-state index contributed by atoms with van der Waals surface area (Å²) in [5, 5.41) is 5.55. The quantitative estimate of drug-likeness (QED) is 0.731. The van der Waals surface area contributed by atoms with Crippen LogP contribution in [0.3, 0.4) is 0 Å². The first-order valence-electron chi connectivity index (χ1n) is 4.70. The molecule has 82 valence electrons. The summed E-state index contributed by atoms with van der Waals surface area (Å²) in [4.78, 5) is 15.0. The Morgan fingerprint density at radius 3 is 2.87 bits per heavy atom. The standard InChI is InChI=1S/C10H14FN3O/c1-7(5-12-2)10(15)14-8-3-4-9(11)13-6-8/h3-4,6-7,12H,5H2,1-2H3,(H,14,15). The summed E-state index contributed by atoms with van der Waals surface area (Å²) in [6, 6.07) is 2.69. The fourth-order valence-electron chi connectivity index (χ4n) is 1.11. The van der Waals surface area contributed by atoms with Crippen molar-refractivity contribution >= 4 is 11.6 Å². The summed E-state index contributed by atoms with van der Waals surface area (Å²) in [6.45, 7) is 2.41. The van der Waals surface area contributed by atoms with Gasteiger partial charge in [0.25, 0.3) is 0 Å². The van der Waals surface area contributed by atoms with Gasteiger partial charge in [0.1, 0.15) is 0 Å². The van der Waals surface area contributed by atoms with Crippen molar-refractivity contribution in [3.63, 3.8) is 0 Å². The highest BCUT2D eigenvalue weighted by Crippen LogP contribution is 2.07. The lowest BCUT2D eigenvalue weighted by atomic mass is 10.1. The van der Waals surface area contributed by atoms with Crippen molar-refractivity contribution in [1.82, 2.24) is 10.3 Å². The average molecular weight is 211 g/mol. The van der Waals surface area contributed by atoms with Crippen molar-refractivity contribution in [3.05, 3.63) is 24.3 Å². The van der Waals surface area contributed by atoms with Crippen molar-refractivity contribution < 1.29 is 9.18 Å². The van der Waals surface area contributed by atoms with Gasteiger partial charge in [-0.15, -0.1) is 0 Å². The van der Waals surface area contributed by atoms with Crippen LogP contribution in [-0.2, 0) is 4.79 Å². The number of hydrogen-bond donors (Lipinski definition) is 2. The minimum absolute atomic E-state index is 0.113. The highest BCUT2D eigenvalue weighted by molar-refractivity contribution is 5.92. The van der Waals surface area contributed by atoms with Gasteiger partial charge in [0.05, 0.1) is 11.9 Å². The molecule has 0 aromatic carbocycles. The maximum absolute atomic E-state index is 12.5. The maximum Gasteiger partial charge on any atom is 0.228 e. The molecule has 1 heterocycles. The topological polar surface area (TPSA) is 54.0 Å². The third-order valence-electron chi connectivity index (χ3n) is 1.95. The van der Waals surface area contributed by atoms with Crippen LogP contribution >= 0.6 is 0 Å². The van der Waals surface area contributed by atoms with Gasteiger partial charge in [0.15, 0.2) is 0 Å². The van der Waals surface area contributed by atoms with Gasteiger partial charge in [-0.05, 0) is 19.2 Å². The van der Waals surface area contributed by atoms with Crippen molar-refractivity contribution in [2.45, 2.75) is 6.92 Å². The Balaban J connectivity index is 2.54. The van der Waals surface area contributed by atoms with Crippen LogP contribution < -0.4 is 10.6 Å². The van der Waals surface area contributed by atoms with E-state index in [9.17, 15) is 9.18 Å². The third-order valence-corrected chi connectivity index (χ3v) is 1.95. The molecule has 1 atom stereocenters. The van der Waals surface area contributed by atoms with E-state index in [-0.39, 0.29) is 11.8 Å². The van der Waals surface area contributed by atoms with Crippen molar-refractivity contribution in [3.8, 4) is 0 Å². The van der Waals surface area contributed by atoms with Crippen LogP contribution in [0.15, 0.2) is 18.3 Å². The lowest BCUT2D eigenvalue weighted by molar-refractivity contribution is -0.119. The molecule has 0 saturated carbocycles. The van der Waals surface area contributed by atoms with Crippen LogP contribution in [0.1, 0.15) is 6.92 Å². The first-order valence-corrected chi connectivity index (χ1v) is 4.70. The van der Waals surface area contributed by atoms with Gasteiger partial charge in [-0.25, -0.2) is 4.98 Å². The van der Waals surface area contributed by atoms with Gasteiger partial charge < -0.3 is 10.6 Å². The summed E-state index contributed by atoms with van der Waals surface area (Å²) in [5.41, 5.74) is 0.504. The zero-order chi connectivity index (χ0) is 11.3. The van der Waals surface area contributed by atoms with Crippen molar-refractivity contribution in [1.29, 1.82) is 0 Å². The first kappa shape index (κ1) is 11.6. The van der Waals surface area contributed by atoms with Gasteiger partial charge >= 0.3 is 0 Å². The molecule has 1 unspecified atom stereocenters. The molecule has 0 aliphatic rings. The Morgan fingerprint density at radius 2 is 2.33 bits per heavy atom. The van der Waals surface area contributed by atoms with E-state index in [0.29, 0.717) is 12.2 Å². The van der Waals surface area contributed by atoms with Crippen molar-refractivity contribution in [2.75, 3.05) is 18.9 Å². The number of nitrogens with zero attached hydrogens (tertiary/aromatic N) is 1. The molecule has 1 amide bonds. The molecule has 5 heteroatoms. The van der Waals surface area contributed by atoms with E-state index in [2.05, 4.69) is 15.6 Å². The number of carbonyl (C=O) groups excluding carboxylic acids is 1. The number of amides is 1. The number of pyridine rings is 1. The highest BCUT2D eigenvalue weighted by atomic mass is 19.1. The van der Waals surface area contributed by atoms with E-state index < -0.39 is 5.95 Å². The Kier molecular flexibility index (Phi) is 4.17. The molecule has 4 nitrogen and oxygen atoms in total. The molecule has 1 rings (SSSR count). The molecule has 1 aromatic rings. The molecule has 1 aromatic heterocycles. The molecular formula is C10H14FN3O. The van der Waals surface area contributed by atoms with E-state index in [1.807, 2.05) is 6.92 Å². The van der Waals surface area contributed by atoms with Crippen LogP contribution in [0, 0.1) is 11.9 Å². The highest BCUT2D eigenvalue weighted by Gasteiger charge is 2.11. The molecule has 0 aliphatic heterocycles. The predicted molar refractivity (Wildman–Crippen MR) is 55.9 cm³/mol. The summed E-state index contributed by atoms with van der Waals surface area (Å²) in [6.07, 6.45) is 1.29. The average Bonchev–Trinajstić information content (AvgIpc) is 2.22. The smallest absolute Gasteiger partial charge is 0.228 e. The molecule has 2 N–H and O–H groups in total. The van der Waals surface area contributed by atoms with Gasteiger partial charge in [0.2, 0.25) is 11.9 Å². The van der Waals surface area contributed by atoms with Crippen LogP contribution in [0.4, 0.5) is 10.1 Å². The van der Waals surface area contributed by atoms with Crippen LogP contribution in [-0.4, -0.2) is 24.5 Å². The largest absolute Gasteiger partial charge is 0.324 e. The Hall–Kier alpha value is -1.49. The zero-order valence-corrected chi connectivity index (χ0v) is 8.75. The summed E-state index contributed by atoms with van der Waals surface area (Å²) in [5.74, 6) is -0.811. The van der Waals surface area contributed by atoms with Gasteiger partial charge in [-0.1, -0.05) is 6.92 Å².